The first-order valence-corrected chi connectivity index (χ1v) is 10.5. The first-order chi connectivity index (χ1) is 14.0. The molecule has 0 bridgehead atoms. The molecule has 6 heteroatoms. The number of nitrogens with zero attached hydrogens (tertiary/aromatic N) is 2. The maximum absolute atomic E-state index is 14.1. The first-order valence-electron chi connectivity index (χ1n) is 10.5. The van der Waals surface area contributed by atoms with Gasteiger partial charge in [-0.2, -0.15) is 0 Å². The van der Waals surface area contributed by atoms with E-state index in [0.717, 1.165) is 49.2 Å². The number of aromatic nitrogens is 1. The number of carbonyl (C=O) groups is 1. The maximum atomic E-state index is 14.1. The van der Waals surface area contributed by atoms with Crippen LogP contribution in [-0.4, -0.2) is 47.6 Å². The molecule has 3 heterocycles. The van der Waals surface area contributed by atoms with Crippen molar-refractivity contribution in [1.82, 2.24) is 15.2 Å². The van der Waals surface area contributed by atoms with Gasteiger partial charge in [0, 0.05) is 30.8 Å². The Kier molecular flexibility index (Phi) is 5.54. The van der Waals surface area contributed by atoms with E-state index < -0.39 is 0 Å². The van der Waals surface area contributed by atoms with Gasteiger partial charge in [-0.15, -0.1) is 0 Å². The third kappa shape index (κ3) is 3.86. The van der Waals surface area contributed by atoms with Crippen LogP contribution in [0.1, 0.15) is 60.6 Å². The van der Waals surface area contributed by atoms with Crippen LogP contribution >= 0.6 is 0 Å². The number of rotatable bonds is 4. The minimum atomic E-state index is -0.271. The number of carbonyl (C=O) groups excluding carboxylic acids is 1. The summed E-state index contributed by atoms with van der Waals surface area (Å²) in [4.78, 5) is 18.9. The number of amides is 1. The minimum Gasteiger partial charge on any atom is -0.487 e. The van der Waals surface area contributed by atoms with Crippen molar-refractivity contribution < 1.29 is 13.9 Å². The Bertz CT molecular complexity index is 891. The zero-order valence-electron chi connectivity index (χ0n) is 17.1. The van der Waals surface area contributed by atoms with E-state index in [1.807, 2.05) is 26.0 Å². The summed E-state index contributed by atoms with van der Waals surface area (Å²) in [5.74, 6) is 0.379. The van der Waals surface area contributed by atoms with E-state index in [4.69, 9.17) is 4.74 Å². The number of hydrogen-bond acceptors (Lipinski definition) is 4. The zero-order chi connectivity index (χ0) is 20.4. The summed E-state index contributed by atoms with van der Waals surface area (Å²) in [6.07, 6.45) is 4.29. The van der Waals surface area contributed by atoms with Gasteiger partial charge in [0.05, 0.1) is 0 Å². The fraction of sp³-hybridized carbons (Fsp3) is 0.478. The van der Waals surface area contributed by atoms with Crippen molar-refractivity contribution in [2.24, 2.45) is 0 Å². The summed E-state index contributed by atoms with van der Waals surface area (Å²) in [7, 11) is 0. The van der Waals surface area contributed by atoms with Crippen LogP contribution in [0.4, 0.5) is 4.39 Å². The molecule has 2 aliphatic rings. The molecule has 1 spiro atoms. The molecule has 2 aliphatic heterocycles. The van der Waals surface area contributed by atoms with Gasteiger partial charge >= 0.3 is 0 Å². The lowest BCUT2D eigenvalue weighted by molar-refractivity contribution is 0.0112. The van der Waals surface area contributed by atoms with E-state index in [1.165, 1.54) is 6.07 Å². The average molecular weight is 397 g/mol. The Hall–Kier alpha value is -2.47. The molecule has 1 amide bonds. The zero-order valence-corrected chi connectivity index (χ0v) is 17.1. The predicted octanol–water partition coefficient (Wildman–Crippen LogP) is 3.74. The molecule has 0 aliphatic carbocycles. The molecule has 1 unspecified atom stereocenters. The van der Waals surface area contributed by atoms with Crippen LogP contribution < -0.4 is 10.1 Å². The van der Waals surface area contributed by atoms with Gasteiger partial charge < -0.3 is 15.0 Å². The van der Waals surface area contributed by atoms with Gasteiger partial charge in [-0.1, -0.05) is 0 Å². The Balaban J connectivity index is 1.74. The Labute approximate surface area is 171 Å². The summed E-state index contributed by atoms with van der Waals surface area (Å²) >= 11 is 0. The number of piperidine rings is 1. The van der Waals surface area contributed by atoms with Gasteiger partial charge in [0.2, 0.25) is 0 Å². The van der Waals surface area contributed by atoms with Crippen molar-refractivity contribution in [1.29, 1.82) is 0 Å². The molecule has 154 valence electrons. The van der Waals surface area contributed by atoms with Gasteiger partial charge in [0.15, 0.2) is 0 Å². The van der Waals surface area contributed by atoms with E-state index in [0.29, 0.717) is 18.8 Å². The van der Waals surface area contributed by atoms with Crippen LogP contribution in [0, 0.1) is 5.82 Å². The van der Waals surface area contributed by atoms with Gasteiger partial charge in [0.25, 0.3) is 5.91 Å². The van der Waals surface area contributed by atoms with Crippen LogP contribution in [0.5, 0.6) is 5.75 Å². The standard InChI is InChI=1S/C23H28FN3O2/c1-3-27(4-2)22(28)20-13-16(7-10-26-20)19-15-23(8-11-25-12-9-23)29-21-6-5-17(24)14-18(19)21/h5-7,10,13-14,19,25H,3-4,8-9,11-12,15H2,1-2H3. The fourth-order valence-corrected chi connectivity index (χ4v) is 4.58. The van der Waals surface area contributed by atoms with E-state index >= 15 is 0 Å². The molecule has 1 fully saturated rings. The lowest BCUT2D eigenvalue weighted by Gasteiger charge is -2.45. The molecular weight excluding hydrogens is 369 g/mol. The molecule has 0 radical (unpaired) electrons. The highest BCUT2D eigenvalue weighted by molar-refractivity contribution is 5.92. The lowest BCUT2D eigenvalue weighted by Crippen LogP contribution is -2.49. The molecule has 29 heavy (non-hydrogen) atoms. The van der Waals surface area contributed by atoms with E-state index in [2.05, 4.69) is 10.3 Å². The van der Waals surface area contributed by atoms with E-state index in [1.54, 1.807) is 23.2 Å². The highest BCUT2D eigenvalue weighted by atomic mass is 19.1. The number of nitrogens with one attached hydrogen (secondary N) is 1. The van der Waals surface area contributed by atoms with Crippen LogP contribution in [-0.2, 0) is 0 Å². The van der Waals surface area contributed by atoms with Crippen molar-refractivity contribution in [3.05, 3.63) is 59.2 Å². The van der Waals surface area contributed by atoms with Crippen LogP contribution in [0.3, 0.4) is 0 Å². The monoisotopic (exact) mass is 397 g/mol. The summed E-state index contributed by atoms with van der Waals surface area (Å²) in [5.41, 5.74) is 2.02. The summed E-state index contributed by atoms with van der Waals surface area (Å²) in [6.45, 7) is 7.02. The normalized spacial score (nSPS) is 20.0. The predicted molar refractivity (Wildman–Crippen MR) is 110 cm³/mol. The topological polar surface area (TPSA) is 54.5 Å². The second kappa shape index (κ2) is 8.11. The van der Waals surface area contributed by atoms with E-state index in [9.17, 15) is 9.18 Å². The molecule has 1 aromatic carbocycles. The molecule has 4 rings (SSSR count). The molecule has 1 saturated heterocycles. The van der Waals surface area contributed by atoms with Crippen molar-refractivity contribution in [3.63, 3.8) is 0 Å². The third-order valence-electron chi connectivity index (χ3n) is 6.22. The summed E-state index contributed by atoms with van der Waals surface area (Å²) in [5, 5.41) is 3.39. The van der Waals surface area contributed by atoms with Crippen LogP contribution in [0.25, 0.3) is 0 Å². The Morgan fingerprint density at radius 2 is 2.00 bits per heavy atom. The Morgan fingerprint density at radius 3 is 2.72 bits per heavy atom. The SMILES string of the molecule is CCN(CC)C(=O)c1cc(C2CC3(CCNCC3)Oc3ccc(F)cc32)ccn1. The second-order valence-electron chi connectivity index (χ2n) is 7.93. The highest BCUT2D eigenvalue weighted by Gasteiger charge is 2.42. The molecule has 5 nitrogen and oxygen atoms in total. The number of benzene rings is 1. The molecule has 0 saturated carbocycles. The largest absolute Gasteiger partial charge is 0.487 e. The molecule has 1 aromatic heterocycles. The second-order valence-corrected chi connectivity index (χ2v) is 7.93. The summed E-state index contributed by atoms with van der Waals surface area (Å²) < 4.78 is 20.5. The lowest BCUT2D eigenvalue weighted by atomic mass is 9.75. The number of pyridine rings is 1. The number of ether oxygens (including phenoxy) is 1. The molecule has 1 atom stereocenters. The fourth-order valence-electron chi connectivity index (χ4n) is 4.58. The average Bonchev–Trinajstić information content (AvgIpc) is 2.75. The third-order valence-corrected chi connectivity index (χ3v) is 6.22. The number of hydrogen-bond donors (Lipinski definition) is 1. The van der Waals surface area contributed by atoms with Gasteiger partial charge in [-0.05, 0) is 82.1 Å². The molecule has 2 aromatic rings. The van der Waals surface area contributed by atoms with Crippen molar-refractivity contribution in [2.45, 2.75) is 44.6 Å². The Morgan fingerprint density at radius 1 is 1.24 bits per heavy atom. The quantitative estimate of drug-likeness (QED) is 0.854. The summed E-state index contributed by atoms with van der Waals surface area (Å²) in [6, 6.07) is 8.58. The van der Waals surface area contributed by atoms with Crippen LogP contribution in [0.15, 0.2) is 36.5 Å². The van der Waals surface area contributed by atoms with Crippen LogP contribution in [0.2, 0.25) is 0 Å². The van der Waals surface area contributed by atoms with Gasteiger partial charge in [-0.3, -0.25) is 9.78 Å². The smallest absolute Gasteiger partial charge is 0.272 e. The van der Waals surface area contributed by atoms with Gasteiger partial charge in [-0.25, -0.2) is 4.39 Å². The number of fused-ring (bicyclic) bond motifs is 1. The maximum Gasteiger partial charge on any atom is 0.272 e. The van der Waals surface area contributed by atoms with Crippen molar-refractivity contribution in [2.75, 3.05) is 26.2 Å². The van der Waals surface area contributed by atoms with E-state index in [-0.39, 0.29) is 23.2 Å². The highest BCUT2D eigenvalue weighted by Crippen LogP contribution is 2.47. The first kappa shape index (κ1) is 19.8. The minimum absolute atomic E-state index is 0.0289. The van der Waals surface area contributed by atoms with Crippen molar-refractivity contribution >= 4 is 5.91 Å². The molecular formula is C23H28FN3O2. The number of halogens is 1. The van der Waals surface area contributed by atoms with Gasteiger partial charge in [0.1, 0.15) is 22.9 Å². The van der Waals surface area contributed by atoms with Crippen molar-refractivity contribution in [3.8, 4) is 5.75 Å². The molecule has 1 N–H and O–H groups in total.